The molecule has 0 amide bonds. The highest BCUT2D eigenvalue weighted by Gasteiger charge is 2.14. The molecule has 1 aliphatic heterocycles. The van der Waals surface area contributed by atoms with E-state index in [1.54, 1.807) is 0 Å². The molecule has 0 saturated carbocycles. The lowest BCUT2D eigenvalue weighted by molar-refractivity contribution is 0.221. The quantitative estimate of drug-likeness (QED) is 0.380. The molecule has 1 aliphatic rings. The normalized spacial score (nSPS) is 15.2. The smallest absolute Gasteiger partial charge is 0.128 e. The fourth-order valence-electron chi connectivity index (χ4n) is 4.56. The molecule has 0 spiro atoms. The van der Waals surface area contributed by atoms with E-state index in [4.69, 9.17) is 10.5 Å². The van der Waals surface area contributed by atoms with Gasteiger partial charge in [0.2, 0.25) is 0 Å². The number of likely N-dealkylation sites (tertiary alicyclic amines) is 1. The molecule has 0 radical (unpaired) electrons. The van der Waals surface area contributed by atoms with Crippen molar-refractivity contribution in [2.24, 2.45) is 5.73 Å². The van der Waals surface area contributed by atoms with Crippen LogP contribution >= 0.6 is 0 Å². The molecule has 1 fully saturated rings. The number of ether oxygens (including phenoxy) is 1. The number of nitrogens with one attached hydrogen (secondary N) is 2. The average Bonchev–Trinajstić information content (AvgIpc) is 3.42. The van der Waals surface area contributed by atoms with E-state index in [0.29, 0.717) is 13.2 Å². The van der Waals surface area contributed by atoms with E-state index in [1.807, 2.05) is 12.4 Å². The number of hydrogen-bond acceptors (Lipinski definition) is 3. The van der Waals surface area contributed by atoms with Gasteiger partial charge in [0.1, 0.15) is 5.75 Å². The van der Waals surface area contributed by atoms with Crippen molar-refractivity contribution in [1.29, 1.82) is 0 Å². The molecule has 1 saturated heterocycles. The van der Waals surface area contributed by atoms with Gasteiger partial charge < -0.3 is 20.4 Å². The van der Waals surface area contributed by atoms with Gasteiger partial charge in [0, 0.05) is 51.9 Å². The summed E-state index contributed by atoms with van der Waals surface area (Å²) in [6.45, 7) is 4.78. The summed E-state index contributed by atoms with van der Waals surface area (Å²) >= 11 is 0. The molecule has 2 aromatic heterocycles. The van der Waals surface area contributed by atoms with E-state index in [9.17, 15) is 0 Å². The number of nitrogens with zero attached hydrogens (tertiary/aromatic N) is 1. The van der Waals surface area contributed by atoms with E-state index in [1.165, 1.54) is 59.8 Å². The van der Waals surface area contributed by atoms with Crippen LogP contribution < -0.4 is 10.5 Å². The molecule has 0 aliphatic carbocycles. The fourth-order valence-corrected chi connectivity index (χ4v) is 4.56. The van der Waals surface area contributed by atoms with Gasteiger partial charge in [-0.1, -0.05) is 12.5 Å². The Morgan fingerprint density at radius 1 is 0.967 bits per heavy atom. The van der Waals surface area contributed by atoms with E-state index in [0.717, 1.165) is 29.8 Å². The van der Waals surface area contributed by atoms with Crippen LogP contribution in [-0.4, -0.2) is 41.1 Å². The Labute approximate surface area is 177 Å². The number of H-pyrrole nitrogens is 2. The third kappa shape index (κ3) is 3.83. The molecule has 0 atom stereocenters. The number of aromatic nitrogens is 2. The predicted octanol–water partition coefficient (Wildman–Crippen LogP) is 5.03. The molecular formula is C25H30N4O. The number of hydrogen-bond donors (Lipinski definition) is 3. The number of nitrogens with two attached hydrogens (primary N) is 1. The second-order valence-corrected chi connectivity index (χ2v) is 8.33. The highest BCUT2D eigenvalue weighted by atomic mass is 16.5. The number of benzene rings is 2. The Morgan fingerprint density at radius 3 is 2.70 bits per heavy atom. The molecule has 156 valence electrons. The summed E-state index contributed by atoms with van der Waals surface area (Å²) in [6.07, 6.45) is 8.95. The van der Waals surface area contributed by atoms with Crippen LogP contribution in [0.15, 0.2) is 48.8 Å². The van der Waals surface area contributed by atoms with Crippen LogP contribution in [-0.2, 0) is 6.54 Å². The first-order valence-corrected chi connectivity index (χ1v) is 11.1. The van der Waals surface area contributed by atoms with Crippen molar-refractivity contribution in [3.05, 3.63) is 54.4 Å². The molecular weight excluding hydrogens is 372 g/mol. The molecule has 0 bridgehead atoms. The summed E-state index contributed by atoms with van der Waals surface area (Å²) in [5.74, 6) is 0.906. The van der Waals surface area contributed by atoms with Crippen molar-refractivity contribution < 1.29 is 4.74 Å². The van der Waals surface area contributed by atoms with Crippen LogP contribution in [0.1, 0.15) is 31.2 Å². The van der Waals surface area contributed by atoms with Gasteiger partial charge in [-0.3, -0.25) is 4.90 Å². The summed E-state index contributed by atoms with van der Waals surface area (Å²) < 4.78 is 5.94. The zero-order chi connectivity index (χ0) is 20.3. The Morgan fingerprint density at radius 2 is 1.83 bits per heavy atom. The summed E-state index contributed by atoms with van der Waals surface area (Å²) in [5.41, 5.74) is 10.5. The van der Waals surface area contributed by atoms with Crippen LogP contribution in [0.25, 0.3) is 32.9 Å². The van der Waals surface area contributed by atoms with Gasteiger partial charge in [-0.15, -0.1) is 0 Å². The maximum Gasteiger partial charge on any atom is 0.128 e. The molecule has 3 heterocycles. The minimum Gasteiger partial charge on any atom is -0.493 e. The molecule has 4 N–H and O–H groups in total. The SMILES string of the molecule is NCCCOc1ccc(-c2cc3cc(CN4CCCCC4)ccc3[nH]2)c2c[nH]cc12. The number of rotatable bonds is 7. The summed E-state index contributed by atoms with van der Waals surface area (Å²) in [7, 11) is 0. The van der Waals surface area contributed by atoms with Gasteiger partial charge in [0.25, 0.3) is 0 Å². The molecule has 5 rings (SSSR count). The lowest BCUT2D eigenvalue weighted by Gasteiger charge is -2.26. The number of fused-ring (bicyclic) bond motifs is 2. The highest BCUT2D eigenvalue weighted by Crippen LogP contribution is 2.35. The van der Waals surface area contributed by atoms with Gasteiger partial charge in [-0.2, -0.15) is 0 Å². The predicted molar refractivity (Wildman–Crippen MR) is 124 cm³/mol. The van der Waals surface area contributed by atoms with Gasteiger partial charge in [0.15, 0.2) is 0 Å². The fraction of sp³-hybridized carbons (Fsp3) is 0.360. The van der Waals surface area contributed by atoms with E-state index in [-0.39, 0.29) is 0 Å². The van der Waals surface area contributed by atoms with Crippen molar-refractivity contribution in [2.75, 3.05) is 26.2 Å². The third-order valence-electron chi connectivity index (χ3n) is 6.14. The Bertz CT molecular complexity index is 1140. The van der Waals surface area contributed by atoms with Crippen LogP contribution in [0.2, 0.25) is 0 Å². The molecule has 4 aromatic rings. The zero-order valence-electron chi connectivity index (χ0n) is 17.4. The van der Waals surface area contributed by atoms with Crippen molar-refractivity contribution in [3.8, 4) is 17.0 Å². The van der Waals surface area contributed by atoms with Crippen LogP contribution in [0.5, 0.6) is 5.75 Å². The van der Waals surface area contributed by atoms with E-state index in [2.05, 4.69) is 51.3 Å². The first kappa shape index (κ1) is 19.2. The lowest BCUT2D eigenvalue weighted by atomic mass is 10.0. The third-order valence-corrected chi connectivity index (χ3v) is 6.14. The molecule has 2 aromatic carbocycles. The molecule has 5 nitrogen and oxygen atoms in total. The number of piperidine rings is 1. The van der Waals surface area contributed by atoms with Crippen molar-refractivity contribution in [1.82, 2.24) is 14.9 Å². The van der Waals surface area contributed by atoms with Crippen molar-refractivity contribution in [2.45, 2.75) is 32.2 Å². The van der Waals surface area contributed by atoms with E-state index >= 15 is 0 Å². The van der Waals surface area contributed by atoms with Gasteiger partial charge >= 0.3 is 0 Å². The van der Waals surface area contributed by atoms with Crippen LogP contribution in [0, 0.1) is 0 Å². The van der Waals surface area contributed by atoms with E-state index < -0.39 is 0 Å². The number of aromatic amines is 2. The largest absolute Gasteiger partial charge is 0.493 e. The van der Waals surface area contributed by atoms with Crippen molar-refractivity contribution in [3.63, 3.8) is 0 Å². The second-order valence-electron chi connectivity index (χ2n) is 8.33. The summed E-state index contributed by atoms with van der Waals surface area (Å²) in [6, 6.07) is 13.3. The first-order chi connectivity index (χ1) is 14.8. The Hall–Kier alpha value is -2.76. The van der Waals surface area contributed by atoms with Gasteiger partial charge in [-0.05, 0) is 74.8 Å². The maximum absolute atomic E-state index is 5.94. The molecule has 30 heavy (non-hydrogen) atoms. The Kier molecular flexibility index (Phi) is 5.47. The summed E-state index contributed by atoms with van der Waals surface area (Å²) in [5, 5.41) is 3.54. The topological polar surface area (TPSA) is 70.1 Å². The molecule has 5 heteroatoms. The lowest BCUT2D eigenvalue weighted by Crippen LogP contribution is -2.28. The molecule has 0 unspecified atom stereocenters. The highest BCUT2D eigenvalue weighted by molar-refractivity contribution is 6.01. The average molecular weight is 403 g/mol. The minimum atomic E-state index is 0.641. The van der Waals surface area contributed by atoms with Crippen molar-refractivity contribution >= 4 is 21.7 Å². The standard InChI is InChI=1S/C25H30N4O/c26-9-4-12-30-25-8-6-20(21-15-27-16-22(21)25)24-14-19-13-18(5-7-23(19)28-24)17-29-10-2-1-3-11-29/h5-8,13-16,27-28H,1-4,9-12,17,26H2. The van der Waals surface area contributed by atoms with Crippen LogP contribution in [0.4, 0.5) is 0 Å². The Balaban J connectivity index is 1.43. The zero-order valence-corrected chi connectivity index (χ0v) is 17.4. The first-order valence-electron chi connectivity index (χ1n) is 11.1. The monoisotopic (exact) mass is 402 g/mol. The second kappa shape index (κ2) is 8.54. The van der Waals surface area contributed by atoms with Gasteiger partial charge in [0.05, 0.1) is 6.61 Å². The van der Waals surface area contributed by atoms with Crippen LogP contribution in [0.3, 0.4) is 0 Å². The van der Waals surface area contributed by atoms with Gasteiger partial charge in [-0.25, -0.2) is 0 Å². The summed E-state index contributed by atoms with van der Waals surface area (Å²) in [4.78, 5) is 9.43. The maximum atomic E-state index is 5.94. The minimum absolute atomic E-state index is 0.641.